The van der Waals surface area contributed by atoms with Crippen LogP contribution < -0.4 is 0 Å². The first kappa shape index (κ1) is 15.8. The first-order chi connectivity index (χ1) is 9.55. The van der Waals surface area contributed by atoms with Crippen LogP contribution in [0.15, 0.2) is 24.3 Å². The molecule has 0 aliphatic carbocycles. The van der Waals surface area contributed by atoms with E-state index in [1.807, 2.05) is 24.3 Å². The van der Waals surface area contributed by atoms with Crippen molar-refractivity contribution in [1.29, 1.82) is 0 Å². The van der Waals surface area contributed by atoms with Crippen molar-refractivity contribution in [2.45, 2.75) is 37.8 Å². The monoisotopic (exact) mass is 315 g/mol. The summed E-state index contributed by atoms with van der Waals surface area (Å²) in [7, 11) is -3.19. The van der Waals surface area contributed by atoms with Crippen LogP contribution in [0.2, 0.25) is 0 Å². The van der Waals surface area contributed by atoms with Gasteiger partial charge in [0.15, 0.2) is 0 Å². The number of hydrogen-bond acceptors (Lipinski definition) is 2. The van der Waals surface area contributed by atoms with Gasteiger partial charge in [-0.3, -0.25) is 0 Å². The van der Waals surface area contributed by atoms with Gasteiger partial charge in [0.25, 0.3) is 0 Å². The van der Waals surface area contributed by atoms with E-state index < -0.39 is 10.0 Å². The molecule has 0 aromatic heterocycles. The highest BCUT2D eigenvalue weighted by atomic mass is 35.5. The summed E-state index contributed by atoms with van der Waals surface area (Å²) < 4.78 is 26.5. The van der Waals surface area contributed by atoms with E-state index in [2.05, 4.69) is 6.92 Å². The van der Waals surface area contributed by atoms with Crippen LogP contribution in [-0.4, -0.2) is 25.8 Å². The molecule has 0 radical (unpaired) electrons. The quantitative estimate of drug-likeness (QED) is 0.781. The van der Waals surface area contributed by atoms with Crippen molar-refractivity contribution in [1.82, 2.24) is 4.31 Å². The minimum atomic E-state index is -3.19. The van der Waals surface area contributed by atoms with Crippen LogP contribution in [0.4, 0.5) is 0 Å². The Balaban J connectivity index is 2.00. The first-order valence-electron chi connectivity index (χ1n) is 7.16. The zero-order valence-corrected chi connectivity index (χ0v) is 13.5. The number of halogens is 1. The molecule has 5 heteroatoms. The normalized spacial score (nSPS) is 18.3. The fourth-order valence-electron chi connectivity index (χ4n) is 2.62. The van der Waals surface area contributed by atoms with E-state index in [-0.39, 0.29) is 5.75 Å². The lowest BCUT2D eigenvalue weighted by atomic mass is 9.96. The summed E-state index contributed by atoms with van der Waals surface area (Å²) in [6.45, 7) is 3.51. The van der Waals surface area contributed by atoms with E-state index in [9.17, 15) is 8.42 Å². The van der Waals surface area contributed by atoms with Gasteiger partial charge in [-0.05, 0) is 29.9 Å². The maximum absolute atomic E-state index is 12.4. The predicted octanol–water partition coefficient (Wildman–Crippen LogP) is 3.38. The number of rotatable bonds is 5. The molecule has 1 heterocycles. The third kappa shape index (κ3) is 3.96. The second-order valence-corrected chi connectivity index (χ2v) is 7.69. The number of hydrogen-bond donors (Lipinski definition) is 0. The van der Waals surface area contributed by atoms with Gasteiger partial charge in [0.2, 0.25) is 10.0 Å². The second kappa shape index (κ2) is 6.92. The number of nitrogens with zero attached hydrogens (tertiary/aromatic N) is 1. The van der Waals surface area contributed by atoms with Gasteiger partial charge >= 0.3 is 0 Å². The molecule has 2 rings (SSSR count). The van der Waals surface area contributed by atoms with Crippen LogP contribution in [-0.2, 0) is 21.7 Å². The molecule has 0 N–H and O–H groups in total. The third-order valence-electron chi connectivity index (χ3n) is 4.07. The van der Waals surface area contributed by atoms with E-state index in [1.165, 1.54) is 0 Å². The Bertz CT molecular complexity index is 519. The number of alkyl halides is 1. The molecule has 3 nitrogen and oxygen atoms in total. The summed E-state index contributed by atoms with van der Waals surface area (Å²) in [6, 6.07) is 7.49. The fraction of sp³-hybridized carbons (Fsp3) is 0.600. The Labute approximate surface area is 127 Å². The molecule has 0 amide bonds. The fourth-order valence-corrected chi connectivity index (χ4v) is 4.36. The maximum Gasteiger partial charge on any atom is 0.218 e. The molecule has 1 aliphatic heterocycles. The smallest absolute Gasteiger partial charge is 0.212 e. The van der Waals surface area contributed by atoms with Gasteiger partial charge in [0.05, 0.1) is 5.75 Å². The Hall–Kier alpha value is -0.580. The molecule has 0 bridgehead atoms. The summed E-state index contributed by atoms with van der Waals surface area (Å²) in [5.74, 6) is 1.23. The number of sulfonamides is 1. The molecule has 0 saturated carbocycles. The standard InChI is InChI=1S/C15H22ClNO2S/c1-2-13-7-9-17(10-8-13)20(18,19)12-15-5-3-14(11-16)4-6-15/h3-6,13H,2,7-12H2,1H3. The van der Waals surface area contributed by atoms with Crippen molar-refractivity contribution in [3.8, 4) is 0 Å². The van der Waals surface area contributed by atoms with E-state index >= 15 is 0 Å². The zero-order chi connectivity index (χ0) is 14.6. The van der Waals surface area contributed by atoms with E-state index in [1.54, 1.807) is 4.31 Å². The molecule has 1 fully saturated rings. The zero-order valence-electron chi connectivity index (χ0n) is 11.9. The SMILES string of the molecule is CCC1CCN(S(=O)(=O)Cc2ccc(CCl)cc2)CC1. The predicted molar refractivity (Wildman–Crippen MR) is 83.2 cm³/mol. The van der Waals surface area contributed by atoms with Crippen LogP contribution in [0.3, 0.4) is 0 Å². The second-order valence-electron chi connectivity index (χ2n) is 5.46. The van der Waals surface area contributed by atoms with Crippen molar-refractivity contribution in [2.75, 3.05) is 13.1 Å². The molecule has 1 aromatic rings. The number of benzene rings is 1. The number of piperidine rings is 1. The molecule has 1 saturated heterocycles. The first-order valence-corrected chi connectivity index (χ1v) is 9.31. The van der Waals surface area contributed by atoms with Gasteiger partial charge < -0.3 is 0 Å². The highest BCUT2D eigenvalue weighted by Crippen LogP contribution is 2.23. The maximum atomic E-state index is 12.4. The van der Waals surface area contributed by atoms with Crippen LogP contribution in [0, 0.1) is 5.92 Å². The lowest BCUT2D eigenvalue weighted by Gasteiger charge is -2.30. The van der Waals surface area contributed by atoms with Crippen LogP contribution in [0.25, 0.3) is 0 Å². The third-order valence-corrected chi connectivity index (χ3v) is 6.23. The molecule has 20 heavy (non-hydrogen) atoms. The Morgan fingerprint density at radius 3 is 2.20 bits per heavy atom. The Morgan fingerprint density at radius 1 is 1.15 bits per heavy atom. The lowest BCUT2D eigenvalue weighted by molar-refractivity contribution is 0.269. The van der Waals surface area contributed by atoms with Crippen molar-refractivity contribution in [3.05, 3.63) is 35.4 Å². The van der Waals surface area contributed by atoms with Crippen molar-refractivity contribution >= 4 is 21.6 Å². The van der Waals surface area contributed by atoms with Gasteiger partial charge in [0, 0.05) is 19.0 Å². The minimum absolute atomic E-state index is 0.0896. The Kier molecular flexibility index (Phi) is 5.47. The van der Waals surface area contributed by atoms with Crippen LogP contribution in [0.1, 0.15) is 37.3 Å². The van der Waals surface area contributed by atoms with Crippen molar-refractivity contribution in [3.63, 3.8) is 0 Å². The highest BCUT2D eigenvalue weighted by molar-refractivity contribution is 7.88. The van der Waals surface area contributed by atoms with Crippen LogP contribution >= 0.6 is 11.6 Å². The summed E-state index contributed by atoms with van der Waals surface area (Å²) in [4.78, 5) is 0. The summed E-state index contributed by atoms with van der Waals surface area (Å²) >= 11 is 5.73. The summed E-state index contributed by atoms with van der Waals surface area (Å²) in [5.41, 5.74) is 1.84. The van der Waals surface area contributed by atoms with E-state index in [0.717, 1.165) is 30.4 Å². The van der Waals surface area contributed by atoms with Crippen LogP contribution in [0.5, 0.6) is 0 Å². The molecule has 0 spiro atoms. The van der Waals surface area contributed by atoms with Crippen molar-refractivity contribution in [2.24, 2.45) is 5.92 Å². The van der Waals surface area contributed by atoms with Crippen molar-refractivity contribution < 1.29 is 8.42 Å². The average Bonchev–Trinajstić information content (AvgIpc) is 2.48. The van der Waals surface area contributed by atoms with Gasteiger partial charge in [-0.1, -0.05) is 37.6 Å². The van der Waals surface area contributed by atoms with Gasteiger partial charge in [0.1, 0.15) is 0 Å². The molecule has 0 atom stereocenters. The molecule has 112 valence electrons. The van der Waals surface area contributed by atoms with Gasteiger partial charge in [-0.25, -0.2) is 12.7 Å². The van der Waals surface area contributed by atoms with E-state index in [4.69, 9.17) is 11.6 Å². The molecular formula is C15H22ClNO2S. The molecule has 0 unspecified atom stereocenters. The minimum Gasteiger partial charge on any atom is -0.212 e. The molecule has 1 aliphatic rings. The lowest BCUT2D eigenvalue weighted by Crippen LogP contribution is -2.38. The topological polar surface area (TPSA) is 37.4 Å². The largest absolute Gasteiger partial charge is 0.218 e. The summed E-state index contributed by atoms with van der Waals surface area (Å²) in [6.07, 6.45) is 3.12. The molecule has 1 aromatic carbocycles. The average molecular weight is 316 g/mol. The van der Waals surface area contributed by atoms with Gasteiger partial charge in [-0.2, -0.15) is 0 Å². The molecular weight excluding hydrogens is 294 g/mol. The van der Waals surface area contributed by atoms with E-state index in [0.29, 0.717) is 24.9 Å². The Morgan fingerprint density at radius 2 is 1.70 bits per heavy atom. The summed E-state index contributed by atoms with van der Waals surface area (Å²) in [5, 5.41) is 0. The van der Waals surface area contributed by atoms with Gasteiger partial charge in [-0.15, -0.1) is 11.6 Å². The highest BCUT2D eigenvalue weighted by Gasteiger charge is 2.27.